The minimum absolute atomic E-state index is 1.01. The van der Waals surface area contributed by atoms with E-state index in [0.717, 1.165) is 6.42 Å². The summed E-state index contributed by atoms with van der Waals surface area (Å²) in [5.41, 5.74) is 13.6. The Balaban J connectivity index is 1.54. The van der Waals surface area contributed by atoms with Crippen LogP contribution in [-0.2, 0) is 13.5 Å². The molecule has 1 nitrogen and oxygen atoms in total. The van der Waals surface area contributed by atoms with Gasteiger partial charge in [-0.1, -0.05) is 72.8 Å². The standard InChI is InChI=1S/C31H26N/c1-20-19-32(3)30(18-28(20)22-9-5-4-6-10-22)25-15-16-27-29(21(25)2)17-24-14-13-23-11-7-8-12-26(23)31(24)27/h4-16,18-19H,17H2,1-3H3/q+1. The third-order valence-corrected chi connectivity index (χ3v) is 7.08. The number of benzene rings is 4. The minimum atomic E-state index is 1.01. The number of rotatable bonds is 2. The zero-order valence-corrected chi connectivity index (χ0v) is 18.8. The fourth-order valence-corrected chi connectivity index (χ4v) is 5.45. The van der Waals surface area contributed by atoms with E-state index in [1.807, 2.05) is 0 Å². The molecule has 0 bridgehead atoms. The molecular weight excluding hydrogens is 386 g/mol. The summed E-state index contributed by atoms with van der Waals surface area (Å²) in [6.45, 7) is 4.49. The van der Waals surface area contributed by atoms with Gasteiger partial charge in [-0.05, 0) is 76.1 Å². The summed E-state index contributed by atoms with van der Waals surface area (Å²) in [5, 5.41) is 2.68. The predicted molar refractivity (Wildman–Crippen MR) is 134 cm³/mol. The van der Waals surface area contributed by atoms with Gasteiger partial charge in [0.25, 0.3) is 0 Å². The molecule has 1 aliphatic rings. The zero-order chi connectivity index (χ0) is 21.8. The first-order valence-electron chi connectivity index (χ1n) is 11.3. The highest BCUT2D eigenvalue weighted by molar-refractivity contribution is 6.01. The third kappa shape index (κ3) is 2.81. The normalized spacial score (nSPS) is 12.1. The van der Waals surface area contributed by atoms with Crippen molar-refractivity contribution in [1.29, 1.82) is 0 Å². The maximum absolute atomic E-state index is 2.36. The maximum atomic E-state index is 2.36. The molecule has 0 saturated carbocycles. The number of pyridine rings is 1. The lowest BCUT2D eigenvalue weighted by Gasteiger charge is -2.13. The molecule has 0 saturated heterocycles. The van der Waals surface area contributed by atoms with Gasteiger partial charge in [0.2, 0.25) is 5.69 Å². The number of hydrogen-bond acceptors (Lipinski definition) is 0. The van der Waals surface area contributed by atoms with Crippen LogP contribution < -0.4 is 4.57 Å². The summed E-state index contributed by atoms with van der Waals surface area (Å²) in [6, 6.07) is 31.1. The molecule has 1 aliphatic carbocycles. The molecule has 0 unspecified atom stereocenters. The molecule has 32 heavy (non-hydrogen) atoms. The molecule has 0 spiro atoms. The lowest BCUT2D eigenvalue weighted by molar-refractivity contribution is -0.660. The first kappa shape index (κ1) is 19.0. The summed E-state index contributed by atoms with van der Waals surface area (Å²) in [6.07, 6.45) is 3.27. The lowest BCUT2D eigenvalue weighted by Crippen LogP contribution is -2.31. The van der Waals surface area contributed by atoms with E-state index < -0.39 is 0 Å². The van der Waals surface area contributed by atoms with Crippen LogP contribution in [0.2, 0.25) is 0 Å². The van der Waals surface area contributed by atoms with E-state index >= 15 is 0 Å². The molecule has 0 atom stereocenters. The fraction of sp³-hybridized carbons (Fsp3) is 0.129. The Morgan fingerprint density at radius 1 is 0.719 bits per heavy atom. The van der Waals surface area contributed by atoms with Crippen LogP contribution in [0.4, 0.5) is 0 Å². The topological polar surface area (TPSA) is 3.88 Å². The van der Waals surface area contributed by atoms with Crippen LogP contribution in [0.15, 0.2) is 91.1 Å². The Kier molecular flexibility index (Phi) is 4.26. The summed E-state index contributed by atoms with van der Waals surface area (Å²) in [7, 11) is 2.16. The van der Waals surface area contributed by atoms with Crippen molar-refractivity contribution in [3.05, 3.63) is 113 Å². The third-order valence-electron chi connectivity index (χ3n) is 7.08. The van der Waals surface area contributed by atoms with Crippen molar-refractivity contribution in [2.24, 2.45) is 7.05 Å². The van der Waals surface area contributed by atoms with Crippen LogP contribution in [0.3, 0.4) is 0 Å². The second-order valence-electron chi connectivity index (χ2n) is 8.99. The zero-order valence-electron chi connectivity index (χ0n) is 18.8. The molecule has 0 N–H and O–H groups in total. The largest absolute Gasteiger partial charge is 0.213 e. The summed E-state index contributed by atoms with van der Waals surface area (Å²) < 4.78 is 2.27. The molecule has 0 radical (unpaired) electrons. The van der Waals surface area contributed by atoms with Crippen molar-refractivity contribution in [2.75, 3.05) is 0 Å². The number of fused-ring (bicyclic) bond motifs is 5. The Labute approximate surface area is 189 Å². The van der Waals surface area contributed by atoms with Gasteiger partial charge in [0.15, 0.2) is 6.20 Å². The highest BCUT2D eigenvalue weighted by atomic mass is 14.9. The highest BCUT2D eigenvalue weighted by Crippen LogP contribution is 2.44. The number of nitrogens with zero attached hydrogens (tertiary/aromatic N) is 1. The van der Waals surface area contributed by atoms with Gasteiger partial charge in [0.05, 0.1) is 0 Å². The number of hydrogen-bond donors (Lipinski definition) is 0. The van der Waals surface area contributed by atoms with Crippen LogP contribution in [0, 0.1) is 13.8 Å². The van der Waals surface area contributed by atoms with Gasteiger partial charge in [-0.3, -0.25) is 0 Å². The van der Waals surface area contributed by atoms with Crippen molar-refractivity contribution in [3.63, 3.8) is 0 Å². The van der Waals surface area contributed by atoms with Gasteiger partial charge in [-0.2, -0.15) is 0 Å². The molecule has 1 heteroatoms. The quantitative estimate of drug-likeness (QED) is 0.265. The maximum Gasteiger partial charge on any atom is 0.213 e. The van der Waals surface area contributed by atoms with Crippen LogP contribution in [0.5, 0.6) is 0 Å². The minimum Gasteiger partial charge on any atom is -0.201 e. The second-order valence-corrected chi connectivity index (χ2v) is 8.99. The van der Waals surface area contributed by atoms with Crippen LogP contribution in [0.25, 0.3) is 44.3 Å². The molecule has 0 fully saturated rings. The van der Waals surface area contributed by atoms with Gasteiger partial charge >= 0.3 is 0 Å². The Hall–Kier alpha value is -3.71. The average Bonchev–Trinajstić information content (AvgIpc) is 3.21. The molecule has 154 valence electrons. The molecule has 1 heterocycles. The monoisotopic (exact) mass is 412 g/mol. The summed E-state index contributed by atoms with van der Waals surface area (Å²) >= 11 is 0. The second kappa shape index (κ2) is 7.17. The van der Waals surface area contributed by atoms with Crippen molar-refractivity contribution in [3.8, 4) is 33.5 Å². The van der Waals surface area contributed by atoms with E-state index in [0.29, 0.717) is 0 Å². The Morgan fingerprint density at radius 3 is 2.31 bits per heavy atom. The van der Waals surface area contributed by atoms with E-state index in [4.69, 9.17) is 0 Å². The van der Waals surface area contributed by atoms with Gasteiger partial charge < -0.3 is 0 Å². The molecular formula is C31H26N+. The van der Waals surface area contributed by atoms with E-state index in [2.05, 4.69) is 117 Å². The van der Waals surface area contributed by atoms with E-state index in [1.165, 1.54) is 66.5 Å². The molecule has 0 amide bonds. The first-order valence-corrected chi connectivity index (χ1v) is 11.3. The number of aryl methyl sites for hydroxylation is 2. The van der Waals surface area contributed by atoms with E-state index in [9.17, 15) is 0 Å². The average molecular weight is 413 g/mol. The van der Waals surface area contributed by atoms with Gasteiger partial charge in [-0.15, -0.1) is 0 Å². The van der Waals surface area contributed by atoms with Crippen molar-refractivity contribution in [1.82, 2.24) is 0 Å². The highest BCUT2D eigenvalue weighted by Gasteiger charge is 2.26. The fourth-order valence-electron chi connectivity index (χ4n) is 5.45. The molecule has 1 aromatic heterocycles. The number of aromatic nitrogens is 1. The smallest absolute Gasteiger partial charge is 0.201 e. The summed E-state index contributed by atoms with van der Waals surface area (Å²) in [4.78, 5) is 0. The molecule has 0 aliphatic heterocycles. The van der Waals surface area contributed by atoms with Gasteiger partial charge in [-0.25, -0.2) is 4.57 Å². The van der Waals surface area contributed by atoms with Gasteiger partial charge in [0, 0.05) is 17.2 Å². The van der Waals surface area contributed by atoms with E-state index in [-0.39, 0.29) is 0 Å². The van der Waals surface area contributed by atoms with Gasteiger partial charge in [0.1, 0.15) is 7.05 Å². The van der Waals surface area contributed by atoms with Crippen LogP contribution in [-0.4, -0.2) is 0 Å². The van der Waals surface area contributed by atoms with Crippen molar-refractivity contribution < 1.29 is 4.57 Å². The predicted octanol–water partition coefficient (Wildman–Crippen LogP) is 7.19. The Morgan fingerprint density at radius 2 is 1.47 bits per heavy atom. The molecule has 6 rings (SSSR count). The molecule has 5 aromatic rings. The SMILES string of the molecule is Cc1c[n+](C)c(-c2ccc3c(c2C)Cc2ccc4ccccc4c2-3)cc1-c1ccccc1. The molecule has 4 aromatic carbocycles. The lowest BCUT2D eigenvalue weighted by atomic mass is 9.92. The van der Waals surface area contributed by atoms with Crippen molar-refractivity contribution in [2.45, 2.75) is 20.3 Å². The van der Waals surface area contributed by atoms with Crippen molar-refractivity contribution >= 4 is 10.8 Å². The van der Waals surface area contributed by atoms with E-state index in [1.54, 1.807) is 0 Å². The summed E-state index contributed by atoms with van der Waals surface area (Å²) in [5.74, 6) is 0. The Bertz CT molecular complexity index is 1510. The van der Waals surface area contributed by atoms with Crippen LogP contribution in [0.1, 0.15) is 22.3 Å². The van der Waals surface area contributed by atoms with Crippen LogP contribution >= 0.6 is 0 Å². The first-order chi connectivity index (χ1) is 15.6.